The molecular weight excluding hydrogens is 304 g/mol. The van der Waals surface area contributed by atoms with E-state index in [2.05, 4.69) is 23.1 Å². The first-order valence-corrected chi connectivity index (χ1v) is 9.19. The largest absolute Gasteiger partial charge is 0.378 e. The van der Waals surface area contributed by atoms with Gasteiger partial charge in [0.25, 0.3) is 0 Å². The minimum atomic E-state index is 0.109. The lowest BCUT2D eigenvalue weighted by molar-refractivity contribution is -0.122. The molecule has 1 atom stereocenters. The molecule has 2 saturated heterocycles. The van der Waals surface area contributed by atoms with Crippen LogP contribution in [0.1, 0.15) is 31.2 Å². The van der Waals surface area contributed by atoms with Crippen molar-refractivity contribution in [3.63, 3.8) is 0 Å². The summed E-state index contributed by atoms with van der Waals surface area (Å²) in [5.74, 6) is 0.208. The van der Waals surface area contributed by atoms with Gasteiger partial charge in [-0.05, 0) is 43.4 Å². The van der Waals surface area contributed by atoms with Gasteiger partial charge in [0.05, 0.1) is 25.7 Å². The number of morpholine rings is 1. The Hall–Kier alpha value is -1.59. The Morgan fingerprint density at radius 1 is 1.12 bits per heavy atom. The highest BCUT2D eigenvalue weighted by Crippen LogP contribution is 2.33. The molecule has 0 saturated carbocycles. The molecular formula is C19H26N2O3. The quantitative estimate of drug-likeness (QED) is 0.853. The van der Waals surface area contributed by atoms with Crippen molar-refractivity contribution < 1.29 is 14.3 Å². The number of carbonyl (C=O) groups excluding carboxylic acids is 1. The van der Waals surface area contributed by atoms with Crippen LogP contribution in [0.4, 0.5) is 11.4 Å². The van der Waals surface area contributed by atoms with Crippen LogP contribution in [-0.2, 0) is 20.7 Å². The summed E-state index contributed by atoms with van der Waals surface area (Å²) in [5, 5.41) is 0. The molecule has 0 N–H and O–H groups in total. The van der Waals surface area contributed by atoms with E-state index in [1.54, 1.807) is 0 Å². The van der Waals surface area contributed by atoms with Crippen molar-refractivity contribution in [3.8, 4) is 0 Å². The van der Waals surface area contributed by atoms with Gasteiger partial charge < -0.3 is 19.3 Å². The molecule has 3 aliphatic rings. The average Bonchev–Trinajstić information content (AvgIpc) is 3.06. The maximum atomic E-state index is 12.8. The summed E-state index contributed by atoms with van der Waals surface area (Å²) in [6.45, 7) is 4.99. The molecule has 3 aliphatic heterocycles. The molecule has 0 aromatic heterocycles. The zero-order valence-corrected chi connectivity index (χ0v) is 14.2. The van der Waals surface area contributed by atoms with Crippen LogP contribution in [0.25, 0.3) is 0 Å². The first-order chi connectivity index (χ1) is 11.8. The smallest absolute Gasteiger partial charge is 0.229 e. The van der Waals surface area contributed by atoms with Crippen molar-refractivity contribution in [2.24, 2.45) is 0 Å². The summed E-state index contributed by atoms with van der Waals surface area (Å²) in [6.07, 6.45) is 4.89. The monoisotopic (exact) mass is 330 g/mol. The van der Waals surface area contributed by atoms with E-state index in [0.29, 0.717) is 6.42 Å². The zero-order chi connectivity index (χ0) is 16.4. The number of hydrogen-bond donors (Lipinski definition) is 0. The Morgan fingerprint density at radius 2 is 2.00 bits per heavy atom. The third-order valence-corrected chi connectivity index (χ3v) is 5.32. The molecule has 3 heterocycles. The third kappa shape index (κ3) is 3.28. The van der Waals surface area contributed by atoms with E-state index < -0.39 is 0 Å². The lowest BCUT2D eigenvalue weighted by Crippen LogP contribution is -2.36. The van der Waals surface area contributed by atoms with Crippen LogP contribution in [0, 0.1) is 0 Å². The number of hydrogen-bond acceptors (Lipinski definition) is 4. The highest BCUT2D eigenvalue weighted by Gasteiger charge is 2.28. The lowest BCUT2D eigenvalue weighted by Gasteiger charge is -2.30. The molecule has 24 heavy (non-hydrogen) atoms. The topological polar surface area (TPSA) is 42.0 Å². The fourth-order valence-corrected chi connectivity index (χ4v) is 3.92. The van der Waals surface area contributed by atoms with E-state index in [-0.39, 0.29) is 12.0 Å². The fraction of sp³-hybridized carbons (Fsp3) is 0.632. The van der Waals surface area contributed by atoms with E-state index in [1.165, 1.54) is 17.7 Å². The summed E-state index contributed by atoms with van der Waals surface area (Å²) < 4.78 is 11.2. The number of carbonyl (C=O) groups is 1. The van der Waals surface area contributed by atoms with Crippen LogP contribution in [0.5, 0.6) is 0 Å². The zero-order valence-electron chi connectivity index (χ0n) is 14.2. The molecule has 1 aromatic carbocycles. The van der Waals surface area contributed by atoms with E-state index in [1.807, 2.05) is 4.90 Å². The predicted molar refractivity (Wildman–Crippen MR) is 93.7 cm³/mol. The van der Waals surface area contributed by atoms with Gasteiger partial charge in [0.2, 0.25) is 5.91 Å². The second kappa shape index (κ2) is 7.11. The van der Waals surface area contributed by atoms with Crippen molar-refractivity contribution in [1.29, 1.82) is 0 Å². The Labute approximate surface area is 143 Å². The summed E-state index contributed by atoms with van der Waals surface area (Å²) >= 11 is 0. The molecule has 5 nitrogen and oxygen atoms in total. The SMILES string of the molecule is O=C(CC1CCCCO1)N1CCc2ccc(N3CCOCC3)cc21. The van der Waals surface area contributed by atoms with Crippen molar-refractivity contribution in [2.45, 2.75) is 38.2 Å². The standard InChI is InChI=1S/C19H26N2O3/c22-19(14-17-3-1-2-10-24-17)21-7-6-15-4-5-16(13-18(15)21)20-8-11-23-12-9-20/h4-5,13,17H,1-3,6-12,14H2. The van der Waals surface area contributed by atoms with Gasteiger partial charge in [0.1, 0.15) is 0 Å². The van der Waals surface area contributed by atoms with Gasteiger partial charge in [-0.2, -0.15) is 0 Å². The highest BCUT2D eigenvalue weighted by atomic mass is 16.5. The number of fused-ring (bicyclic) bond motifs is 1. The van der Waals surface area contributed by atoms with Crippen LogP contribution in [0.15, 0.2) is 18.2 Å². The van der Waals surface area contributed by atoms with Crippen LogP contribution in [0.2, 0.25) is 0 Å². The summed E-state index contributed by atoms with van der Waals surface area (Å²) in [7, 11) is 0. The van der Waals surface area contributed by atoms with Crippen molar-refractivity contribution >= 4 is 17.3 Å². The Kier molecular flexibility index (Phi) is 4.72. The summed E-state index contributed by atoms with van der Waals surface area (Å²) in [5.41, 5.74) is 3.58. The van der Waals surface area contributed by atoms with Crippen molar-refractivity contribution in [2.75, 3.05) is 49.3 Å². The number of amides is 1. The summed E-state index contributed by atoms with van der Waals surface area (Å²) in [6, 6.07) is 6.56. The van der Waals surface area contributed by atoms with Crippen LogP contribution in [-0.4, -0.2) is 51.5 Å². The second-order valence-corrected chi connectivity index (χ2v) is 6.90. The number of anilines is 2. The molecule has 0 radical (unpaired) electrons. The minimum Gasteiger partial charge on any atom is -0.378 e. The van der Waals surface area contributed by atoms with Gasteiger partial charge >= 0.3 is 0 Å². The highest BCUT2D eigenvalue weighted by molar-refractivity contribution is 5.96. The molecule has 2 fully saturated rings. The lowest BCUT2D eigenvalue weighted by atomic mass is 10.1. The van der Waals surface area contributed by atoms with Gasteiger partial charge in [-0.1, -0.05) is 6.07 Å². The van der Waals surface area contributed by atoms with Crippen LogP contribution in [0.3, 0.4) is 0 Å². The van der Waals surface area contributed by atoms with Gasteiger partial charge in [0.15, 0.2) is 0 Å². The minimum absolute atomic E-state index is 0.109. The van der Waals surface area contributed by atoms with E-state index in [4.69, 9.17) is 9.47 Å². The number of ether oxygens (including phenoxy) is 2. The van der Waals surface area contributed by atoms with Gasteiger partial charge in [0, 0.05) is 37.6 Å². The normalized spacial score (nSPS) is 24.1. The van der Waals surface area contributed by atoms with Crippen molar-refractivity contribution in [1.82, 2.24) is 0 Å². The average molecular weight is 330 g/mol. The van der Waals surface area contributed by atoms with E-state index in [9.17, 15) is 4.79 Å². The Morgan fingerprint density at radius 3 is 2.79 bits per heavy atom. The molecule has 130 valence electrons. The summed E-state index contributed by atoms with van der Waals surface area (Å²) in [4.78, 5) is 17.1. The molecule has 1 unspecified atom stereocenters. The van der Waals surface area contributed by atoms with Crippen molar-refractivity contribution in [3.05, 3.63) is 23.8 Å². The molecule has 5 heteroatoms. The van der Waals surface area contributed by atoms with E-state index in [0.717, 1.165) is 64.4 Å². The fourth-order valence-electron chi connectivity index (χ4n) is 3.92. The molecule has 0 spiro atoms. The maximum Gasteiger partial charge on any atom is 0.229 e. The van der Waals surface area contributed by atoms with Crippen LogP contribution < -0.4 is 9.80 Å². The molecule has 4 rings (SSSR count). The number of nitrogens with zero attached hydrogens (tertiary/aromatic N) is 2. The van der Waals surface area contributed by atoms with Gasteiger partial charge in [-0.3, -0.25) is 4.79 Å². The van der Waals surface area contributed by atoms with Gasteiger partial charge in [-0.15, -0.1) is 0 Å². The van der Waals surface area contributed by atoms with Gasteiger partial charge in [-0.25, -0.2) is 0 Å². The molecule has 1 aromatic rings. The molecule has 0 aliphatic carbocycles. The number of benzene rings is 1. The molecule has 0 bridgehead atoms. The third-order valence-electron chi connectivity index (χ3n) is 5.32. The Balaban J connectivity index is 1.48. The second-order valence-electron chi connectivity index (χ2n) is 6.90. The van der Waals surface area contributed by atoms with Crippen LogP contribution >= 0.6 is 0 Å². The first kappa shape index (κ1) is 15.9. The van der Waals surface area contributed by atoms with E-state index >= 15 is 0 Å². The number of rotatable bonds is 3. The predicted octanol–water partition coefficient (Wildman–Crippen LogP) is 2.37. The maximum absolute atomic E-state index is 12.8. The Bertz CT molecular complexity index is 592. The molecule has 1 amide bonds. The first-order valence-electron chi connectivity index (χ1n) is 9.19.